The van der Waals surface area contributed by atoms with E-state index in [1.807, 2.05) is 30.3 Å². The maximum atomic E-state index is 11.0. The minimum absolute atomic E-state index is 0.203. The number of hydrogen-bond donors (Lipinski definition) is 1. The molecular formula is C15H13N3OS. The maximum Gasteiger partial charge on any atom is 0.222 e. The Labute approximate surface area is 121 Å². The fourth-order valence-electron chi connectivity index (χ4n) is 1.63. The molecule has 4 nitrogen and oxygen atoms in total. The molecule has 0 aliphatic rings. The molecule has 1 amide bonds. The average Bonchev–Trinajstić information content (AvgIpc) is 2.46. The highest BCUT2D eigenvalue weighted by atomic mass is 32.2. The van der Waals surface area contributed by atoms with E-state index in [2.05, 4.69) is 16.4 Å². The van der Waals surface area contributed by atoms with Crippen LogP contribution in [0.15, 0.2) is 47.5 Å². The molecule has 20 heavy (non-hydrogen) atoms. The number of pyridine rings is 1. The molecule has 0 saturated heterocycles. The van der Waals surface area contributed by atoms with Crippen LogP contribution < -0.4 is 5.32 Å². The topological polar surface area (TPSA) is 65.8 Å². The highest BCUT2D eigenvalue weighted by Crippen LogP contribution is 2.26. The fraction of sp³-hybridized carbons (Fsp3) is 0.133. The molecule has 0 aliphatic carbocycles. The van der Waals surface area contributed by atoms with Gasteiger partial charge in [-0.05, 0) is 11.6 Å². The van der Waals surface area contributed by atoms with Gasteiger partial charge < -0.3 is 5.32 Å². The normalized spacial score (nSPS) is 9.80. The highest BCUT2D eigenvalue weighted by molar-refractivity contribution is 7.98. The molecule has 2 aromatic rings. The monoisotopic (exact) mass is 283 g/mol. The van der Waals surface area contributed by atoms with Gasteiger partial charge in [-0.3, -0.25) is 4.79 Å². The third-order valence-electron chi connectivity index (χ3n) is 2.53. The van der Waals surface area contributed by atoms with Crippen molar-refractivity contribution in [3.8, 4) is 6.07 Å². The van der Waals surface area contributed by atoms with Gasteiger partial charge >= 0.3 is 0 Å². The zero-order valence-electron chi connectivity index (χ0n) is 11.0. The number of thioether (sulfide) groups is 1. The van der Waals surface area contributed by atoms with Gasteiger partial charge in [0.15, 0.2) is 0 Å². The van der Waals surface area contributed by atoms with Crippen LogP contribution in [0.4, 0.5) is 5.82 Å². The Balaban J connectivity index is 2.12. The van der Waals surface area contributed by atoms with Gasteiger partial charge in [0.05, 0.1) is 5.56 Å². The van der Waals surface area contributed by atoms with E-state index in [1.165, 1.54) is 12.5 Å². The van der Waals surface area contributed by atoms with E-state index in [9.17, 15) is 10.1 Å². The van der Waals surface area contributed by atoms with Crippen LogP contribution in [-0.4, -0.2) is 10.9 Å². The Kier molecular flexibility index (Phi) is 4.75. The summed E-state index contributed by atoms with van der Waals surface area (Å²) in [6.45, 7) is 1.41. The van der Waals surface area contributed by atoms with Crippen molar-refractivity contribution in [2.75, 3.05) is 5.32 Å². The first-order chi connectivity index (χ1) is 9.69. The molecule has 0 unspecified atom stereocenters. The molecule has 1 aromatic heterocycles. The summed E-state index contributed by atoms with van der Waals surface area (Å²) in [5.74, 6) is 0.973. The lowest BCUT2D eigenvalue weighted by molar-refractivity contribution is -0.114. The molecule has 0 fully saturated rings. The van der Waals surface area contributed by atoms with Crippen molar-refractivity contribution < 1.29 is 4.79 Å². The van der Waals surface area contributed by atoms with Crippen LogP contribution in [0, 0.1) is 11.3 Å². The van der Waals surface area contributed by atoms with Crippen LogP contribution in [-0.2, 0) is 10.5 Å². The molecule has 0 atom stereocenters. The predicted molar refractivity (Wildman–Crippen MR) is 79.3 cm³/mol. The van der Waals surface area contributed by atoms with Crippen molar-refractivity contribution in [1.82, 2.24) is 4.98 Å². The van der Waals surface area contributed by atoms with Crippen molar-refractivity contribution in [3.05, 3.63) is 53.7 Å². The van der Waals surface area contributed by atoms with E-state index < -0.39 is 0 Å². The number of carbonyl (C=O) groups excluding carboxylic acids is 1. The van der Waals surface area contributed by atoms with Crippen molar-refractivity contribution in [2.45, 2.75) is 17.6 Å². The molecule has 100 valence electrons. The standard InChI is InChI=1S/C15H13N3OS/c1-11(19)18-15-7-13(8-16)14(9-17-15)20-10-12-5-3-2-4-6-12/h2-7,9H,10H2,1H3,(H,17,18,19). The number of rotatable bonds is 4. The molecular weight excluding hydrogens is 270 g/mol. The van der Waals surface area contributed by atoms with Gasteiger partial charge in [-0.25, -0.2) is 4.98 Å². The lowest BCUT2D eigenvalue weighted by Gasteiger charge is -2.06. The Bertz CT molecular complexity index is 650. The van der Waals surface area contributed by atoms with E-state index in [0.717, 1.165) is 10.6 Å². The lowest BCUT2D eigenvalue weighted by Crippen LogP contribution is -2.07. The minimum atomic E-state index is -0.203. The molecule has 0 spiro atoms. The number of benzene rings is 1. The first-order valence-corrected chi connectivity index (χ1v) is 7.02. The minimum Gasteiger partial charge on any atom is -0.311 e. The van der Waals surface area contributed by atoms with Crippen molar-refractivity contribution >= 4 is 23.5 Å². The van der Waals surface area contributed by atoms with Crippen LogP contribution >= 0.6 is 11.8 Å². The summed E-state index contributed by atoms with van der Waals surface area (Å²) in [6.07, 6.45) is 1.62. The van der Waals surface area contributed by atoms with Gasteiger partial charge in [0.2, 0.25) is 5.91 Å². The van der Waals surface area contributed by atoms with E-state index in [4.69, 9.17) is 0 Å². The molecule has 5 heteroatoms. The third kappa shape index (κ3) is 3.84. The smallest absolute Gasteiger partial charge is 0.222 e. The largest absolute Gasteiger partial charge is 0.311 e. The van der Waals surface area contributed by atoms with Crippen LogP contribution in [0.5, 0.6) is 0 Å². The van der Waals surface area contributed by atoms with E-state index in [-0.39, 0.29) is 5.91 Å². The van der Waals surface area contributed by atoms with Crippen LogP contribution in [0.1, 0.15) is 18.1 Å². The summed E-state index contributed by atoms with van der Waals surface area (Å²) < 4.78 is 0. The van der Waals surface area contributed by atoms with E-state index in [1.54, 1.807) is 24.0 Å². The Morgan fingerprint density at radius 2 is 2.15 bits per heavy atom. The zero-order valence-corrected chi connectivity index (χ0v) is 11.8. The third-order valence-corrected chi connectivity index (χ3v) is 3.64. The Hall–Kier alpha value is -2.32. The van der Waals surface area contributed by atoms with Gasteiger partial charge in [-0.1, -0.05) is 30.3 Å². The number of anilines is 1. The van der Waals surface area contributed by atoms with Gasteiger partial charge in [0.25, 0.3) is 0 Å². The number of amides is 1. The second-order valence-corrected chi connectivity index (χ2v) is 5.15. The summed E-state index contributed by atoms with van der Waals surface area (Å²) in [6, 6.07) is 13.7. The quantitative estimate of drug-likeness (QED) is 0.875. The van der Waals surface area contributed by atoms with Gasteiger partial charge in [0, 0.05) is 23.8 Å². The summed E-state index contributed by atoms with van der Waals surface area (Å²) in [5.41, 5.74) is 1.71. The SMILES string of the molecule is CC(=O)Nc1cc(C#N)c(SCc2ccccc2)cn1. The van der Waals surface area contributed by atoms with Gasteiger partial charge in [-0.2, -0.15) is 5.26 Å². The molecule has 2 rings (SSSR count). The number of aromatic nitrogens is 1. The molecule has 0 aliphatic heterocycles. The molecule has 1 heterocycles. The second kappa shape index (κ2) is 6.73. The molecule has 1 aromatic carbocycles. The second-order valence-electron chi connectivity index (χ2n) is 4.13. The van der Waals surface area contributed by atoms with Crippen LogP contribution in [0.2, 0.25) is 0 Å². The summed E-state index contributed by atoms with van der Waals surface area (Å²) in [7, 11) is 0. The van der Waals surface area contributed by atoms with Crippen LogP contribution in [0.25, 0.3) is 0 Å². The number of nitrogens with zero attached hydrogens (tertiary/aromatic N) is 2. The average molecular weight is 283 g/mol. The number of nitrogens with one attached hydrogen (secondary N) is 1. The van der Waals surface area contributed by atoms with Crippen LogP contribution in [0.3, 0.4) is 0 Å². The predicted octanol–water partition coefficient (Wildman–Crippen LogP) is 3.20. The van der Waals surface area contributed by atoms with Crippen molar-refractivity contribution in [1.29, 1.82) is 5.26 Å². The summed E-state index contributed by atoms with van der Waals surface area (Å²) in [4.78, 5) is 15.9. The van der Waals surface area contributed by atoms with Gasteiger partial charge in [-0.15, -0.1) is 11.8 Å². The lowest BCUT2D eigenvalue weighted by atomic mass is 10.2. The fourth-order valence-corrected chi connectivity index (χ4v) is 2.53. The van der Waals surface area contributed by atoms with Gasteiger partial charge in [0.1, 0.15) is 11.9 Å². The number of carbonyl (C=O) groups is 1. The first-order valence-electron chi connectivity index (χ1n) is 6.03. The highest BCUT2D eigenvalue weighted by Gasteiger charge is 2.07. The number of nitriles is 1. The van der Waals surface area contributed by atoms with E-state index in [0.29, 0.717) is 11.4 Å². The first kappa shape index (κ1) is 14.1. The summed E-state index contributed by atoms with van der Waals surface area (Å²) >= 11 is 1.55. The van der Waals surface area contributed by atoms with E-state index >= 15 is 0 Å². The van der Waals surface area contributed by atoms with Crippen molar-refractivity contribution in [3.63, 3.8) is 0 Å². The molecule has 0 saturated carbocycles. The zero-order chi connectivity index (χ0) is 14.4. The molecule has 0 radical (unpaired) electrons. The number of hydrogen-bond acceptors (Lipinski definition) is 4. The summed E-state index contributed by atoms with van der Waals surface area (Å²) in [5, 5.41) is 11.7. The maximum absolute atomic E-state index is 11.0. The molecule has 1 N–H and O–H groups in total. The van der Waals surface area contributed by atoms with Crippen molar-refractivity contribution in [2.24, 2.45) is 0 Å². The Morgan fingerprint density at radius 1 is 1.40 bits per heavy atom. The molecule has 0 bridgehead atoms. The Morgan fingerprint density at radius 3 is 2.80 bits per heavy atom.